The molecule has 6 heteroatoms. The van der Waals surface area contributed by atoms with Crippen LogP contribution in [0.25, 0.3) is 0 Å². The van der Waals surface area contributed by atoms with Crippen molar-refractivity contribution in [1.82, 2.24) is 15.1 Å². The summed E-state index contributed by atoms with van der Waals surface area (Å²) < 4.78 is 7.51. The van der Waals surface area contributed by atoms with Crippen molar-refractivity contribution < 1.29 is 9.53 Å². The van der Waals surface area contributed by atoms with Gasteiger partial charge in [0.05, 0.1) is 12.6 Å². The van der Waals surface area contributed by atoms with Gasteiger partial charge in [-0.05, 0) is 37.0 Å². The van der Waals surface area contributed by atoms with Crippen molar-refractivity contribution in [3.05, 3.63) is 46.2 Å². The van der Waals surface area contributed by atoms with E-state index in [2.05, 4.69) is 24.3 Å². The highest BCUT2D eigenvalue weighted by molar-refractivity contribution is 6.30. The minimum absolute atomic E-state index is 0.100. The summed E-state index contributed by atoms with van der Waals surface area (Å²) in [6.45, 7) is 4.80. The summed E-state index contributed by atoms with van der Waals surface area (Å²) in [5, 5.41) is 8.07. The zero-order valence-corrected chi connectivity index (χ0v) is 14.9. The fraction of sp³-hybridized carbons (Fsp3) is 0.444. The lowest BCUT2D eigenvalue weighted by molar-refractivity contribution is 0.0929. The topological polar surface area (TPSA) is 56.1 Å². The number of carbonyl (C=O) groups excluding carboxylic acids is 1. The van der Waals surface area contributed by atoms with E-state index in [1.165, 1.54) is 0 Å². The first kappa shape index (κ1) is 16.8. The van der Waals surface area contributed by atoms with Crippen LogP contribution in [0, 0.1) is 0 Å². The Bertz CT molecular complexity index is 755. The molecule has 0 aliphatic carbocycles. The monoisotopic (exact) mass is 347 g/mol. The molecule has 0 fully saturated rings. The molecule has 1 aromatic carbocycles. The molecule has 5 nitrogen and oxygen atoms in total. The van der Waals surface area contributed by atoms with Gasteiger partial charge < -0.3 is 10.1 Å². The van der Waals surface area contributed by atoms with E-state index >= 15 is 0 Å². The molecule has 1 atom stereocenters. The molecule has 0 spiro atoms. The summed E-state index contributed by atoms with van der Waals surface area (Å²) in [6, 6.07) is 7.31. The van der Waals surface area contributed by atoms with Crippen LogP contribution in [0.5, 0.6) is 5.75 Å². The molecule has 1 aromatic heterocycles. The van der Waals surface area contributed by atoms with Gasteiger partial charge in [-0.3, -0.25) is 9.48 Å². The normalized spacial score (nSPS) is 17.1. The lowest BCUT2D eigenvalue weighted by atomic mass is 10.0. The summed E-state index contributed by atoms with van der Waals surface area (Å²) in [6.07, 6.45) is 1.70. The number of rotatable bonds is 3. The van der Waals surface area contributed by atoms with Crippen LogP contribution in [-0.2, 0) is 7.05 Å². The lowest BCUT2D eigenvalue weighted by Crippen LogP contribution is -2.28. The molecule has 0 radical (unpaired) electrons. The molecule has 0 bridgehead atoms. The average Bonchev–Trinajstić information content (AvgIpc) is 2.82. The molecular weight excluding hydrogens is 326 g/mol. The summed E-state index contributed by atoms with van der Waals surface area (Å²) in [4.78, 5) is 12.6. The maximum absolute atomic E-state index is 12.6. The number of aromatic nitrogens is 2. The van der Waals surface area contributed by atoms with Gasteiger partial charge in [0, 0.05) is 23.3 Å². The standard InChI is InChI=1S/C18H22ClN3O2/c1-11(2)16-10-15(21-22(16)3)18(23)20-14-5-4-8-24-17-9-12(19)6-7-13(14)17/h6-7,9-11,14H,4-5,8H2,1-3H3,(H,20,23). The number of benzene rings is 1. The number of carbonyl (C=O) groups is 1. The van der Waals surface area contributed by atoms with Gasteiger partial charge in [-0.25, -0.2) is 0 Å². The van der Waals surface area contributed by atoms with Crippen LogP contribution in [0.3, 0.4) is 0 Å². The van der Waals surface area contributed by atoms with Crippen LogP contribution < -0.4 is 10.1 Å². The average molecular weight is 348 g/mol. The van der Waals surface area contributed by atoms with Gasteiger partial charge in [-0.15, -0.1) is 0 Å². The molecule has 128 valence electrons. The summed E-state index contributed by atoms with van der Waals surface area (Å²) in [5.74, 6) is 0.901. The lowest BCUT2D eigenvalue weighted by Gasteiger charge is -2.18. The SMILES string of the molecule is CC(C)c1cc(C(=O)NC2CCCOc3cc(Cl)ccc32)nn1C. The number of fused-ring (bicyclic) bond motifs is 1. The fourth-order valence-corrected chi connectivity index (χ4v) is 3.22. The van der Waals surface area contributed by atoms with Crippen molar-refractivity contribution in [2.24, 2.45) is 7.05 Å². The highest BCUT2D eigenvalue weighted by Crippen LogP contribution is 2.33. The first-order chi connectivity index (χ1) is 11.5. The number of ether oxygens (including phenoxy) is 1. The molecule has 24 heavy (non-hydrogen) atoms. The van der Waals surface area contributed by atoms with Crippen LogP contribution >= 0.6 is 11.6 Å². The van der Waals surface area contributed by atoms with E-state index in [0.717, 1.165) is 29.8 Å². The summed E-state index contributed by atoms with van der Waals surface area (Å²) >= 11 is 6.05. The minimum Gasteiger partial charge on any atom is -0.493 e. The van der Waals surface area contributed by atoms with E-state index in [0.29, 0.717) is 23.2 Å². The zero-order chi connectivity index (χ0) is 17.3. The molecule has 1 unspecified atom stereocenters. The summed E-state index contributed by atoms with van der Waals surface area (Å²) in [7, 11) is 1.86. The van der Waals surface area contributed by atoms with Gasteiger partial charge in [0.25, 0.3) is 5.91 Å². The Hall–Kier alpha value is -2.01. The number of amides is 1. The maximum Gasteiger partial charge on any atom is 0.272 e. The van der Waals surface area contributed by atoms with Crippen molar-refractivity contribution in [1.29, 1.82) is 0 Å². The molecule has 1 aliphatic heterocycles. The molecule has 0 saturated heterocycles. The predicted octanol–water partition coefficient (Wildman–Crippen LogP) is 3.84. The molecule has 0 saturated carbocycles. The number of aryl methyl sites for hydroxylation is 1. The van der Waals surface area contributed by atoms with Crippen LogP contribution in [-0.4, -0.2) is 22.3 Å². The van der Waals surface area contributed by atoms with Crippen LogP contribution in [0.1, 0.15) is 60.4 Å². The zero-order valence-electron chi connectivity index (χ0n) is 14.2. The van der Waals surface area contributed by atoms with Gasteiger partial charge in [0.15, 0.2) is 0 Å². The fourth-order valence-electron chi connectivity index (χ4n) is 3.06. The van der Waals surface area contributed by atoms with Crippen molar-refractivity contribution in [3.63, 3.8) is 0 Å². The first-order valence-electron chi connectivity index (χ1n) is 8.22. The minimum atomic E-state index is -0.162. The summed E-state index contributed by atoms with van der Waals surface area (Å²) in [5.41, 5.74) is 2.45. The first-order valence-corrected chi connectivity index (χ1v) is 8.60. The van der Waals surface area contributed by atoms with E-state index in [4.69, 9.17) is 16.3 Å². The smallest absolute Gasteiger partial charge is 0.272 e. The Morgan fingerprint density at radius 3 is 2.92 bits per heavy atom. The molecule has 1 N–H and O–H groups in total. The Kier molecular flexibility index (Phi) is 4.81. The Balaban J connectivity index is 1.83. The largest absolute Gasteiger partial charge is 0.493 e. The van der Waals surface area contributed by atoms with Crippen molar-refractivity contribution >= 4 is 17.5 Å². The number of nitrogens with one attached hydrogen (secondary N) is 1. The third-order valence-electron chi connectivity index (χ3n) is 4.29. The second-order valence-electron chi connectivity index (χ2n) is 6.43. The van der Waals surface area contributed by atoms with Crippen molar-refractivity contribution in [2.45, 2.75) is 38.6 Å². The Morgan fingerprint density at radius 1 is 1.42 bits per heavy atom. The number of halogens is 1. The van der Waals surface area contributed by atoms with Gasteiger partial charge in [0.2, 0.25) is 0 Å². The molecule has 3 rings (SSSR count). The van der Waals surface area contributed by atoms with Crippen LogP contribution in [0.4, 0.5) is 0 Å². The van der Waals surface area contributed by atoms with E-state index in [9.17, 15) is 4.79 Å². The quantitative estimate of drug-likeness (QED) is 0.917. The van der Waals surface area contributed by atoms with Gasteiger partial charge >= 0.3 is 0 Å². The maximum atomic E-state index is 12.6. The highest BCUT2D eigenvalue weighted by Gasteiger charge is 2.24. The number of hydrogen-bond acceptors (Lipinski definition) is 3. The van der Waals surface area contributed by atoms with E-state index in [-0.39, 0.29) is 11.9 Å². The third kappa shape index (κ3) is 3.41. The number of nitrogens with zero attached hydrogens (tertiary/aromatic N) is 2. The molecule has 2 heterocycles. The predicted molar refractivity (Wildman–Crippen MR) is 93.7 cm³/mol. The van der Waals surface area contributed by atoms with E-state index in [1.807, 2.05) is 25.2 Å². The molecule has 2 aromatic rings. The van der Waals surface area contributed by atoms with E-state index < -0.39 is 0 Å². The third-order valence-corrected chi connectivity index (χ3v) is 4.53. The van der Waals surface area contributed by atoms with Gasteiger partial charge in [-0.2, -0.15) is 5.10 Å². The van der Waals surface area contributed by atoms with Crippen LogP contribution in [0.2, 0.25) is 5.02 Å². The second-order valence-corrected chi connectivity index (χ2v) is 6.87. The van der Waals surface area contributed by atoms with Crippen molar-refractivity contribution in [3.8, 4) is 5.75 Å². The van der Waals surface area contributed by atoms with Gasteiger partial charge in [-0.1, -0.05) is 31.5 Å². The van der Waals surface area contributed by atoms with Gasteiger partial charge in [0.1, 0.15) is 11.4 Å². The van der Waals surface area contributed by atoms with E-state index in [1.54, 1.807) is 10.7 Å². The molecule has 1 aliphatic rings. The molecular formula is C18H22ClN3O2. The number of hydrogen-bond donors (Lipinski definition) is 1. The second kappa shape index (κ2) is 6.85. The van der Waals surface area contributed by atoms with Crippen molar-refractivity contribution in [2.75, 3.05) is 6.61 Å². The van der Waals surface area contributed by atoms with Crippen LogP contribution in [0.15, 0.2) is 24.3 Å². The highest BCUT2D eigenvalue weighted by atomic mass is 35.5. The Labute approximate surface area is 147 Å². The Morgan fingerprint density at radius 2 is 2.21 bits per heavy atom. The molecule has 1 amide bonds.